The number of rotatable bonds is 3. The van der Waals surface area contributed by atoms with Crippen molar-refractivity contribution >= 4 is 28.5 Å². The molecule has 112 valence electrons. The number of phenols is 1. The van der Waals surface area contributed by atoms with Gasteiger partial charge in [0.05, 0.1) is 17.6 Å². The Kier molecular flexibility index (Phi) is 3.68. The minimum absolute atomic E-state index is 0.120. The Labute approximate surface area is 129 Å². The van der Waals surface area contributed by atoms with Crippen molar-refractivity contribution < 1.29 is 14.3 Å². The van der Waals surface area contributed by atoms with Gasteiger partial charge in [-0.1, -0.05) is 11.6 Å². The third kappa shape index (κ3) is 2.87. The van der Waals surface area contributed by atoms with Crippen molar-refractivity contribution in [3.63, 3.8) is 0 Å². The van der Waals surface area contributed by atoms with E-state index in [1.165, 1.54) is 6.07 Å². The third-order valence-corrected chi connectivity index (χ3v) is 3.35. The van der Waals surface area contributed by atoms with E-state index in [4.69, 9.17) is 16.7 Å². The first-order valence-corrected chi connectivity index (χ1v) is 6.81. The Morgan fingerprint density at radius 3 is 2.91 bits per heavy atom. The fourth-order valence-electron chi connectivity index (χ4n) is 2.03. The minimum Gasteiger partial charge on any atom is -0.505 e. The maximum absolute atomic E-state index is 13.2. The number of fused-ring (bicyclic) bond motifs is 1. The number of imidazole rings is 1. The summed E-state index contributed by atoms with van der Waals surface area (Å²) in [5.74, 6) is -1.24. The van der Waals surface area contributed by atoms with E-state index in [1.807, 2.05) is 0 Å². The van der Waals surface area contributed by atoms with Crippen LogP contribution < -0.4 is 5.32 Å². The predicted molar refractivity (Wildman–Crippen MR) is 80.3 cm³/mol. The third-order valence-electron chi connectivity index (χ3n) is 3.12. The first kappa shape index (κ1) is 14.3. The number of aromatic amines is 1. The van der Waals surface area contributed by atoms with Crippen molar-refractivity contribution in [3.8, 4) is 5.75 Å². The lowest BCUT2D eigenvalue weighted by Crippen LogP contribution is -2.23. The molecule has 0 saturated heterocycles. The first-order valence-electron chi connectivity index (χ1n) is 6.44. The van der Waals surface area contributed by atoms with E-state index in [0.717, 1.165) is 23.2 Å². The van der Waals surface area contributed by atoms with Crippen molar-refractivity contribution in [2.75, 3.05) is 0 Å². The Balaban J connectivity index is 1.72. The van der Waals surface area contributed by atoms with Crippen LogP contribution in [0.1, 0.15) is 16.2 Å². The molecule has 0 fully saturated rings. The second kappa shape index (κ2) is 5.65. The Morgan fingerprint density at radius 2 is 2.14 bits per heavy atom. The summed E-state index contributed by atoms with van der Waals surface area (Å²) in [4.78, 5) is 19.3. The molecule has 5 nitrogen and oxygen atoms in total. The molecule has 3 N–H and O–H groups in total. The van der Waals surface area contributed by atoms with Crippen molar-refractivity contribution in [3.05, 3.63) is 58.6 Å². The molecule has 0 unspecified atom stereocenters. The fraction of sp³-hybridized carbons (Fsp3) is 0.0667. The standard InChI is InChI=1S/C15H11ClFN3O2/c16-9-2-3-11-12(6-9)20-14(19-11)7-18-15(22)8-1-4-13(21)10(17)5-8/h1-6,21H,7H2,(H,18,22)(H,19,20). The highest BCUT2D eigenvalue weighted by atomic mass is 35.5. The number of amides is 1. The molecule has 0 saturated carbocycles. The summed E-state index contributed by atoms with van der Waals surface area (Å²) in [6, 6.07) is 8.69. The van der Waals surface area contributed by atoms with E-state index < -0.39 is 17.5 Å². The van der Waals surface area contributed by atoms with Crippen LogP contribution in [0, 0.1) is 5.82 Å². The lowest BCUT2D eigenvalue weighted by Gasteiger charge is -2.04. The topological polar surface area (TPSA) is 78.0 Å². The van der Waals surface area contributed by atoms with E-state index in [9.17, 15) is 9.18 Å². The molecule has 1 heterocycles. The second-order valence-electron chi connectivity index (χ2n) is 4.69. The molecule has 7 heteroatoms. The van der Waals surface area contributed by atoms with Crippen molar-refractivity contribution in [1.29, 1.82) is 0 Å². The second-order valence-corrected chi connectivity index (χ2v) is 5.13. The number of nitrogens with one attached hydrogen (secondary N) is 2. The van der Waals surface area contributed by atoms with Gasteiger partial charge in [-0.3, -0.25) is 4.79 Å². The van der Waals surface area contributed by atoms with Gasteiger partial charge in [0, 0.05) is 10.6 Å². The van der Waals surface area contributed by atoms with Gasteiger partial charge in [0.1, 0.15) is 5.82 Å². The molecule has 1 amide bonds. The molecule has 3 rings (SSSR count). The lowest BCUT2D eigenvalue weighted by atomic mass is 10.2. The summed E-state index contributed by atoms with van der Waals surface area (Å²) in [7, 11) is 0. The molecular formula is C15H11ClFN3O2. The number of aromatic hydroxyl groups is 1. The average Bonchev–Trinajstić information content (AvgIpc) is 2.89. The summed E-state index contributed by atoms with van der Waals surface area (Å²) in [6.45, 7) is 0.160. The summed E-state index contributed by atoms with van der Waals surface area (Å²) in [5.41, 5.74) is 1.63. The highest BCUT2D eigenvalue weighted by molar-refractivity contribution is 6.31. The predicted octanol–water partition coefficient (Wildman–Crippen LogP) is 2.99. The van der Waals surface area contributed by atoms with Crippen molar-refractivity contribution in [2.24, 2.45) is 0 Å². The van der Waals surface area contributed by atoms with Crippen LogP contribution in [0.3, 0.4) is 0 Å². The highest BCUT2D eigenvalue weighted by Gasteiger charge is 2.10. The Hall–Kier alpha value is -2.60. The largest absolute Gasteiger partial charge is 0.505 e. The highest BCUT2D eigenvalue weighted by Crippen LogP contribution is 2.18. The number of carbonyl (C=O) groups is 1. The molecule has 0 aliphatic carbocycles. The van der Waals surface area contributed by atoms with E-state index in [-0.39, 0.29) is 12.1 Å². The molecule has 2 aromatic carbocycles. The van der Waals surface area contributed by atoms with E-state index >= 15 is 0 Å². The van der Waals surface area contributed by atoms with Crippen LogP contribution in [0.5, 0.6) is 5.75 Å². The monoisotopic (exact) mass is 319 g/mol. The van der Waals surface area contributed by atoms with Crippen LogP contribution >= 0.6 is 11.6 Å². The summed E-state index contributed by atoms with van der Waals surface area (Å²) in [5, 5.41) is 12.3. The van der Waals surface area contributed by atoms with Crippen LogP contribution in [0.15, 0.2) is 36.4 Å². The van der Waals surface area contributed by atoms with Gasteiger partial charge in [0.25, 0.3) is 5.91 Å². The zero-order valence-corrected chi connectivity index (χ0v) is 12.0. The van der Waals surface area contributed by atoms with Crippen molar-refractivity contribution in [2.45, 2.75) is 6.54 Å². The number of carbonyl (C=O) groups excluding carboxylic acids is 1. The molecule has 0 bridgehead atoms. The van der Waals surface area contributed by atoms with Gasteiger partial charge >= 0.3 is 0 Å². The zero-order chi connectivity index (χ0) is 15.7. The first-order chi connectivity index (χ1) is 10.5. The van der Waals surface area contributed by atoms with E-state index in [0.29, 0.717) is 10.8 Å². The number of benzene rings is 2. The SMILES string of the molecule is O=C(NCc1nc2ccc(Cl)cc2[nH]1)c1ccc(O)c(F)c1. The average molecular weight is 320 g/mol. The molecule has 0 radical (unpaired) electrons. The molecule has 0 atom stereocenters. The van der Waals surface area contributed by atoms with Crippen molar-refractivity contribution in [1.82, 2.24) is 15.3 Å². The smallest absolute Gasteiger partial charge is 0.251 e. The van der Waals surface area contributed by atoms with Gasteiger partial charge in [-0.2, -0.15) is 0 Å². The normalized spacial score (nSPS) is 10.8. The van der Waals surface area contributed by atoms with Gasteiger partial charge in [0.15, 0.2) is 11.6 Å². The van der Waals surface area contributed by atoms with Gasteiger partial charge in [-0.15, -0.1) is 0 Å². The molecule has 3 aromatic rings. The molecular weight excluding hydrogens is 309 g/mol. The molecule has 22 heavy (non-hydrogen) atoms. The van der Waals surface area contributed by atoms with Crippen LogP contribution in [-0.4, -0.2) is 21.0 Å². The van der Waals surface area contributed by atoms with Gasteiger partial charge in [0.2, 0.25) is 0 Å². The minimum atomic E-state index is -0.842. The van der Waals surface area contributed by atoms with Gasteiger partial charge in [-0.05, 0) is 36.4 Å². The summed E-state index contributed by atoms with van der Waals surface area (Å²) < 4.78 is 13.2. The summed E-state index contributed by atoms with van der Waals surface area (Å²) >= 11 is 5.89. The quantitative estimate of drug-likeness (QED) is 0.694. The van der Waals surface area contributed by atoms with E-state index in [1.54, 1.807) is 18.2 Å². The van der Waals surface area contributed by atoms with Crippen LogP contribution in [-0.2, 0) is 6.54 Å². The van der Waals surface area contributed by atoms with E-state index in [2.05, 4.69) is 15.3 Å². The van der Waals surface area contributed by atoms with Crippen LogP contribution in [0.4, 0.5) is 4.39 Å². The number of phenolic OH excluding ortho intramolecular Hbond substituents is 1. The maximum Gasteiger partial charge on any atom is 0.251 e. The number of nitrogens with zero attached hydrogens (tertiary/aromatic N) is 1. The fourth-order valence-corrected chi connectivity index (χ4v) is 2.20. The maximum atomic E-state index is 13.2. The molecule has 0 aliphatic rings. The van der Waals surface area contributed by atoms with Crippen LogP contribution in [0.25, 0.3) is 11.0 Å². The molecule has 0 spiro atoms. The zero-order valence-electron chi connectivity index (χ0n) is 11.2. The number of aromatic nitrogens is 2. The Morgan fingerprint density at radius 1 is 1.32 bits per heavy atom. The van der Waals surface area contributed by atoms with Gasteiger partial charge in [-0.25, -0.2) is 9.37 Å². The summed E-state index contributed by atoms with van der Waals surface area (Å²) in [6.07, 6.45) is 0. The van der Waals surface area contributed by atoms with Crippen LogP contribution in [0.2, 0.25) is 5.02 Å². The lowest BCUT2D eigenvalue weighted by molar-refractivity contribution is 0.0949. The number of halogens is 2. The Bertz CT molecular complexity index is 863. The molecule has 0 aliphatic heterocycles. The van der Waals surface area contributed by atoms with Gasteiger partial charge < -0.3 is 15.4 Å². The number of hydrogen-bond donors (Lipinski definition) is 3. The number of hydrogen-bond acceptors (Lipinski definition) is 3. The molecule has 1 aromatic heterocycles. The number of H-pyrrole nitrogens is 1.